The highest BCUT2D eigenvalue weighted by atomic mass is 16.5. The quantitative estimate of drug-likeness (QED) is 0.0537. The Labute approximate surface area is 233 Å². The lowest BCUT2D eigenvalue weighted by molar-refractivity contribution is -0.143. The summed E-state index contributed by atoms with van der Waals surface area (Å²) in [6.07, 6.45) is 43.7. The fraction of sp³-hybridized carbons (Fsp3) is 0.857. The Hall–Kier alpha value is -1.05. The van der Waals surface area contributed by atoms with Gasteiger partial charge in [0, 0.05) is 6.42 Å². The zero-order valence-electron chi connectivity index (χ0n) is 25.4. The maximum Gasteiger partial charge on any atom is 0.305 e. The largest absolute Gasteiger partial charge is 0.466 e. The van der Waals surface area contributed by atoms with Crippen molar-refractivity contribution in [3.8, 4) is 0 Å². The van der Waals surface area contributed by atoms with Crippen LogP contribution in [0.5, 0.6) is 0 Å². The van der Waals surface area contributed by atoms with Crippen molar-refractivity contribution in [3.63, 3.8) is 0 Å². The second kappa shape index (κ2) is 33.0. The van der Waals surface area contributed by atoms with Crippen molar-refractivity contribution >= 4 is 5.97 Å². The zero-order valence-corrected chi connectivity index (χ0v) is 25.4. The molecule has 0 aliphatic rings. The average Bonchev–Trinajstić information content (AvgIpc) is 2.90. The fourth-order valence-electron chi connectivity index (χ4n) is 4.81. The number of hydrogen-bond donors (Lipinski definition) is 0. The maximum absolute atomic E-state index is 11.9. The van der Waals surface area contributed by atoms with E-state index in [9.17, 15) is 4.79 Å². The van der Waals surface area contributed by atoms with Crippen LogP contribution >= 0.6 is 0 Å². The van der Waals surface area contributed by atoms with E-state index in [4.69, 9.17) is 4.74 Å². The Balaban J connectivity index is 3.22. The molecule has 0 aliphatic carbocycles. The van der Waals surface area contributed by atoms with E-state index in [1.165, 1.54) is 141 Å². The van der Waals surface area contributed by atoms with E-state index in [0.717, 1.165) is 25.7 Å². The number of carbonyl (C=O) groups excluding carboxylic acids is 1. The SMILES string of the molecule is CCCCC/C=C\C/C=C\CCCCCCCC(=O)OCCCCCCCCCCCCCCCCC. The third kappa shape index (κ3) is 32.9. The van der Waals surface area contributed by atoms with E-state index in [1.54, 1.807) is 0 Å². The summed E-state index contributed by atoms with van der Waals surface area (Å²) in [6.45, 7) is 5.16. The Morgan fingerprint density at radius 3 is 1.35 bits per heavy atom. The summed E-state index contributed by atoms with van der Waals surface area (Å²) in [4.78, 5) is 11.9. The van der Waals surface area contributed by atoms with Gasteiger partial charge in [-0.05, 0) is 44.9 Å². The molecule has 0 N–H and O–H groups in total. The van der Waals surface area contributed by atoms with Crippen molar-refractivity contribution in [2.75, 3.05) is 6.61 Å². The summed E-state index contributed by atoms with van der Waals surface area (Å²) in [5.74, 6) is 0.0102. The summed E-state index contributed by atoms with van der Waals surface area (Å²) in [5, 5.41) is 0. The predicted molar refractivity (Wildman–Crippen MR) is 165 cm³/mol. The highest BCUT2D eigenvalue weighted by Crippen LogP contribution is 2.14. The van der Waals surface area contributed by atoms with Crippen LogP contribution in [0.25, 0.3) is 0 Å². The number of ether oxygens (including phenoxy) is 1. The molecule has 0 fully saturated rings. The second-order valence-corrected chi connectivity index (χ2v) is 11.2. The summed E-state index contributed by atoms with van der Waals surface area (Å²) in [5.41, 5.74) is 0. The molecule has 0 saturated carbocycles. The van der Waals surface area contributed by atoms with E-state index in [2.05, 4.69) is 38.2 Å². The van der Waals surface area contributed by atoms with Crippen LogP contribution in [0.1, 0.15) is 187 Å². The third-order valence-corrected chi connectivity index (χ3v) is 7.34. The van der Waals surface area contributed by atoms with Gasteiger partial charge in [0.05, 0.1) is 6.61 Å². The molecule has 0 saturated heterocycles. The lowest BCUT2D eigenvalue weighted by Crippen LogP contribution is -2.05. The number of hydrogen-bond acceptors (Lipinski definition) is 2. The minimum atomic E-state index is 0.0102. The van der Waals surface area contributed by atoms with Gasteiger partial charge in [0.1, 0.15) is 0 Å². The van der Waals surface area contributed by atoms with E-state index < -0.39 is 0 Å². The van der Waals surface area contributed by atoms with Crippen molar-refractivity contribution in [1.82, 2.24) is 0 Å². The Morgan fingerprint density at radius 2 is 0.838 bits per heavy atom. The predicted octanol–water partition coefficient (Wildman–Crippen LogP) is 12.2. The highest BCUT2D eigenvalue weighted by Gasteiger charge is 2.02. The van der Waals surface area contributed by atoms with Crippen molar-refractivity contribution in [1.29, 1.82) is 0 Å². The van der Waals surface area contributed by atoms with Crippen LogP contribution in [-0.4, -0.2) is 12.6 Å². The Morgan fingerprint density at radius 1 is 0.459 bits per heavy atom. The first-order valence-electron chi connectivity index (χ1n) is 16.8. The molecule has 37 heavy (non-hydrogen) atoms. The molecule has 0 aromatic rings. The first-order valence-corrected chi connectivity index (χ1v) is 16.8. The molecule has 0 radical (unpaired) electrons. The van der Waals surface area contributed by atoms with E-state index in [0.29, 0.717) is 13.0 Å². The molecule has 0 aromatic heterocycles. The summed E-state index contributed by atoms with van der Waals surface area (Å²) < 4.78 is 5.42. The lowest BCUT2D eigenvalue weighted by atomic mass is 10.0. The van der Waals surface area contributed by atoms with Crippen LogP contribution in [0.2, 0.25) is 0 Å². The van der Waals surface area contributed by atoms with Crippen LogP contribution in [0.15, 0.2) is 24.3 Å². The van der Waals surface area contributed by atoms with Gasteiger partial charge in [-0.3, -0.25) is 4.79 Å². The van der Waals surface area contributed by atoms with Crippen LogP contribution in [0.4, 0.5) is 0 Å². The van der Waals surface area contributed by atoms with Gasteiger partial charge in [0.25, 0.3) is 0 Å². The molecule has 2 nitrogen and oxygen atoms in total. The van der Waals surface area contributed by atoms with E-state index in [1.807, 2.05) is 0 Å². The molecule has 0 amide bonds. The molecule has 0 aliphatic heterocycles. The Kier molecular flexibility index (Phi) is 32.0. The fourth-order valence-corrected chi connectivity index (χ4v) is 4.81. The monoisotopic (exact) mass is 519 g/mol. The van der Waals surface area contributed by atoms with Gasteiger partial charge in [-0.25, -0.2) is 0 Å². The number of unbranched alkanes of at least 4 members (excludes halogenated alkanes) is 22. The molecule has 0 bridgehead atoms. The average molecular weight is 519 g/mol. The molecule has 0 spiro atoms. The minimum Gasteiger partial charge on any atom is -0.466 e. The van der Waals surface area contributed by atoms with Gasteiger partial charge in [0.2, 0.25) is 0 Å². The van der Waals surface area contributed by atoms with Crippen LogP contribution in [0, 0.1) is 0 Å². The van der Waals surface area contributed by atoms with Gasteiger partial charge in [-0.15, -0.1) is 0 Å². The normalized spacial score (nSPS) is 11.7. The van der Waals surface area contributed by atoms with Gasteiger partial charge < -0.3 is 4.74 Å². The number of esters is 1. The Bertz CT molecular complexity index is 493. The smallest absolute Gasteiger partial charge is 0.305 e. The van der Waals surface area contributed by atoms with E-state index in [-0.39, 0.29) is 5.97 Å². The zero-order chi connectivity index (χ0) is 26.9. The van der Waals surface area contributed by atoms with Gasteiger partial charge in [0.15, 0.2) is 0 Å². The molecule has 0 rings (SSSR count). The second-order valence-electron chi connectivity index (χ2n) is 11.2. The topological polar surface area (TPSA) is 26.3 Å². The van der Waals surface area contributed by atoms with Gasteiger partial charge in [-0.2, -0.15) is 0 Å². The standard InChI is InChI=1S/C35H66O2/c1-3-5-7-9-11-13-15-17-19-21-23-25-27-29-31-33-35(36)37-34-32-30-28-26-24-22-20-18-16-14-12-10-8-6-4-2/h11,13,17,19H,3-10,12,14-16,18,20-34H2,1-2H3/b13-11-,19-17-. The molecule has 0 aromatic carbocycles. The molecule has 0 atom stereocenters. The molecule has 0 heterocycles. The highest BCUT2D eigenvalue weighted by molar-refractivity contribution is 5.69. The van der Waals surface area contributed by atoms with E-state index >= 15 is 0 Å². The molecule has 0 unspecified atom stereocenters. The van der Waals surface area contributed by atoms with Crippen molar-refractivity contribution in [3.05, 3.63) is 24.3 Å². The van der Waals surface area contributed by atoms with Crippen molar-refractivity contribution in [2.24, 2.45) is 0 Å². The lowest BCUT2D eigenvalue weighted by Gasteiger charge is -2.05. The number of rotatable bonds is 30. The molecule has 2 heteroatoms. The van der Waals surface area contributed by atoms with Crippen molar-refractivity contribution in [2.45, 2.75) is 187 Å². The summed E-state index contributed by atoms with van der Waals surface area (Å²) in [6, 6.07) is 0. The van der Waals surface area contributed by atoms with Gasteiger partial charge >= 0.3 is 5.97 Å². The molecular formula is C35H66O2. The van der Waals surface area contributed by atoms with Gasteiger partial charge in [-0.1, -0.05) is 160 Å². The van der Waals surface area contributed by atoms with Crippen LogP contribution < -0.4 is 0 Å². The molecular weight excluding hydrogens is 452 g/mol. The summed E-state index contributed by atoms with van der Waals surface area (Å²) in [7, 11) is 0. The third-order valence-electron chi connectivity index (χ3n) is 7.34. The minimum absolute atomic E-state index is 0.0102. The number of carbonyl (C=O) groups is 1. The maximum atomic E-state index is 11.9. The first kappa shape index (κ1) is 35.9. The molecule has 218 valence electrons. The number of allylic oxidation sites excluding steroid dienone is 4. The van der Waals surface area contributed by atoms with Crippen LogP contribution in [-0.2, 0) is 9.53 Å². The van der Waals surface area contributed by atoms with Crippen molar-refractivity contribution < 1.29 is 9.53 Å². The van der Waals surface area contributed by atoms with Crippen LogP contribution in [0.3, 0.4) is 0 Å². The summed E-state index contributed by atoms with van der Waals surface area (Å²) >= 11 is 0. The first-order chi connectivity index (χ1) is 18.3.